The van der Waals surface area contributed by atoms with Crippen molar-refractivity contribution in [2.45, 2.75) is 13.3 Å². The van der Waals surface area contributed by atoms with Crippen LogP contribution in [0.15, 0.2) is 255 Å². The summed E-state index contributed by atoms with van der Waals surface area (Å²) in [5.41, 5.74) is 17.6. The number of hydrogen-bond donors (Lipinski definition) is 0. The number of allylic oxidation sites excluding steroid dienone is 5. The molecule has 0 fully saturated rings. The van der Waals surface area contributed by atoms with Crippen LogP contribution in [0.25, 0.3) is 72.1 Å². The van der Waals surface area contributed by atoms with Crippen molar-refractivity contribution in [1.29, 1.82) is 0 Å². The molecule has 0 radical (unpaired) electrons. The molecule has 68 heavy (non-hydrogen) atoms. The predicted octanol–water partition coefficient (Wildman–Crippen LogP) is 18.2. The van der Waals surface area contributed by atoms with Crippen LogP contribution in [0.1, 0.15) is 18.1 Å². The van der Waals surface area contributed by atoms with Crippen molar-refractivity contribution in [1.82, 2.24) is 0 Å². The molecule has 0 bridgehead atoms. The number of fused-ring (bicyclic) bond motifs is 4. The van der Waals surface area contributed by atoms with Crippen molar-refractivity contribution in [2.75, 3.05) is 16.8 Å². The number of benzene rings is 10. The van der Waals surface area contributed by atoms with Gasteiger partial charge >= 0.3 is 0 Å². The van der Waals surface area contributed by atoms with Crippen LogP contribution in [-0.2, 0) is 6.42 Å². The predicted molar refractivity (Wildman–Crippen MR) is 293 cm³/mol. The van der Waals surface area contributed by atoms with E-state index in [1.807, 2.05) is 0 Å². The Balaban J connectivity index is 0.985. The highest BCUT2D eigenvalue weighted by molar-refractivity contribution is 6.08. The number of anilines is 5. The zero-order valence-corrected chi connectivity index (χ0v) is 38.5. The van der Waals surface area contributed by atoms with Gasteiger partial charge in [-0.05, 0) is 133 Å². The Morgan fingerprint density at radius 3 is 1.91 bits per heavy atom. The molecule has 0 aromatic heterocycles. The Morgan fingerprint density at radius 1 is 0.397 bits per heavy atom. The van der Waals surface area contributed by atoms with Gasteiger partial charge in [0.05, 0.1) is 5.69 Å². The maximum Gasteiger partial charge on any atom is 0.0540 e. The van der Waals surface area contributed by atoms with Crippen LogP contribution in [0.3, 0.4) is 0 Å². The van der Waals surface area contributed by atoms with E-state index in [2.05, 4.69) is 285 Å². The monoisotopic (exact) mass is 872 g/mol. The van der Waals surface area contributed by atoms with E-state index in [0.717, 1.165) is 40.4 Å². The lowest BCUT2D eigenvalue weighted by molar-refractivity contribution is 0.945. The van der Waals surface area contributed by atoms with Gasteiger partial charge in [0, 0.05) is 40.9 Å². The highest BCUT2D eigenvalue weighted by Gasteiger charge is 2.20. The first kappa shape index (κ1) is 42.2. The molecule has 1 aliphatic rings. The Kier molecular flexibility index (Phi) is 11.7. The zero-order chi connectivity index (χ0) is 45.8. The summed E-state index contributed by atoms with van der Waals surface area (Å²) in [6.45, 7) is 2.23. The summed E-state index contributed by atoms with van der Waals surface area (Å²) in [6, 6.07) is 82.1. The smallest absolute Gasteiger partial charge is 0.0540 e. The van der Waals surface area contributed by atoms with Crippen molar-refractivity contribution in [3.05, 3.63) is 266 Å². The van der Waals surface area contributed by atoms with Crippen molar-refractivity contribution >= 4 is 56.1 Å². The first-order valence-electron chi connectivity index (χ1n) is 23.7. The molecule has 0 spiro atoms. The molecule has 0 saturated heterocycles. The quantitative estimate of drug-likeness (QED) is 0.133. The van der Waals surface area contributed by atoms with Crippen molar-refractivity contribution in [3.8, 4) is 44.5 Å². The minimum atomic E-state index is 0.366. The molecule has 0 aliphatic heterocycles. The van der Waals surface area contributed by atoms with Crippen molar-refractivity contribution < 1.29 is 0 Å². The van der Waals surface area contributed by atoms with Gasteiger partial charge in [-0.25, -0.2) is 0 Å². The minimum absolute atomic E-state index is 0.366. The maximum absolute atomic E-state index is 2.42. The van der Waals surface area contributed by atoms with Gasteiger partial charge in [-0.3, -0.25) is 0 Å². The van der Waals surface area contributed by atoms with Crippen LogP contribution in [0.2, 0.25) is 0 Å². The Bertz CT molecular complexity index is 3520. The van der Waals surface area contributed by atoms with Crippen LogP contribution in [0.5, 0.6) is 0 Å². The third-order valence-corrected chi connectivity index (χ3v) is 13.4. The third-order valence-electron chi connectivity index (χ3n) is 13.4. The van der Waals surface area contributed by atoms with Crippen LogP contribution in [0.4, 0.5) is 28.4 Å². The van der Waals surface area contributed by atoms with Gasteiger partial charge in [0.1, 0.15) is 0 Å². The van der Waals surface area contributed by atoms with Gasteiger partial charge < -0.3 is 9.80 Å². The first-order chi connectivity index (χ1) is 33.6. The first-order valence-corrected chi connectivity index (χ1v) is 23.7. The fourth-order valence-corrected chi connectivity index (χ4v) is 9.83. The summed E-state index contributed by atoms with van der Waals surface area (Å²) < 4.78 is 0. The van der Waals surface area contributed by atoms with Crippen molar-refractivity contribution in [3.63, 3.8) is 0 Å². The van der Waals surface area contributed by atoms with E-state index in [1.165, 1.54) is 71.6 Å². The summed E-state index contributed by atoms with van der Waals surface area (Å²) in [6.07, 6.45) is 14.3. The van der Waals surface area contributed by atoms with Gasteiger partial charge in [-0.1, -0.05) is 213 Å². The van der Waals surface area contributed by atoms with Crippen LogP contribution >= 0.6 is 0 Å². The highest BCUT2D eigenvalue weighted by Crippen LogP contribution is 2.45. The van der Waals surface area contributed by atoms with Crippen molar-refractivity contribution in [2.24, 2.45) is 5.92 Å². The van der Waals surface area contributed by atoms with Crippen LogP contribution in [0, 0.1) is 5.92 Å². The number of hydrogen-bond acceptors (Lipinski definition) is 2. The summed E-state index contributed by atoms with van der Waals surface area (Å²) >= 11 is 0. The van der Waals surface area contributed by atoms with Gasteiger partial charge in [0.2, 0.25) is 0 Å². The average Bonchev–Trinajstić information content (AvgIpc) is 3.40. The van der Waals surface area contributed by atoms with Gasteiger partial charge in [0.15, 0.2) is 0 Å². The molecule has 0 heterocycles. The second kappa shape index (κ2) is 18.8. The van der Waals surface area contributed by atoms with E-state index >= 15 is 0 Å². The molecule has 11 rings (SSSR count). The Morgan fingerprint density at radius 2 is 1.06 bits per heavy atom. The second-order valence-electron chi connectivity index (χ2n) is 17.8. The van der Waals surface area contributed by atoms with E-state index in [1.54, 1.807) is 0 Å². The second-order valence-corrected chi connectivity index (χ2v) is 17.8. The Labute approximate surface area is 400 Å². The van der Waals surface area contributed by atoms with E-state index in [4.69, 9.17) is 0 Å². The summed E-state index contributed by atoms with van der Waals surface area (Å²) in [4.78, 5) is 4.74. The largest absolute Gasteiger partial charge is 0.344 e. The fourth-order valence-electron chi connectivity index (χ4n) is 9.83. The zero-order valence-electron chi connectivity index (χ0n) is 38.5. The van der Waals surface area contributed by atoms with E-state index in [0.29, 0.717) is 5.92 Å². The fraction of sp³-hybridized carbons (Fsp3) is 0.0606. The summed E-state index contributed by atoms with van der Waals surface area (Å²) in [7, 11) is 2.18. The van der Waals surface area contributed by atoms with Gasteiger partial charge in [-0.2, -0.15) is 0 Å². The number of rotatable bonds is 9. The van der Waals surface area contributed by atoms with E-state index < -0.39 is 0 Å². The van der Waals surface area contributed by atoms with E-state index in [9.17, 15) is 0 Å². The lowest BCUT2D eigenvalue weighted by Gasteiger charge is -2.29. The third kappa shape index (κ3) is 8.45. The molecule has 2 nitrogen and oxygen atoms in total. The molecule has 1 unspecified atom stereocenters. The molecule has 326 valence electrons. The van der Waals surface area contributed by atoms with E-state index in [-0.39, 0.29) is 0 Å². The van der Waals surface area contributed by atoms with Gasteiger partial charge in [0.25, 0.3) is 0 Å². The van der Waals surface area contributed by atoms with Gasteiger partial charge in [-0.15, -0.1) is 0 Å². The Hall–Kier alpha value is -8.46. The summed E-state index contributed by atoms with van der Waals surface area (Å²) in [5.74, 6) is 0.366. The topological polar surface area (TPSA) is 6.48 Å². The highest BCUT2D eigenvalue weighted by atomic mass is 15.1. The lowest BCUT2D eigenvalue weighted by atomic mass is 9.92. The molecular formula is C66H52N2. The SMILES string of the molecule is CC1/C=C\C=C/Cc2ccc(-c3ccc(N(c4cccc(-c5ccccc5-c5ccccc5N(C)c5ccc6c(ccc7ccccc76)c5)c4)c4ccccc4-c4ccccc4)cc3)cc2/C=C\1. The molecule has 0 N–H and O–H groups in total. The molecule has 10 aromatic carbocycles. The molecule has 1 atom stereocenters. The molecule has 2 heteroatoms. The normalized spacial score (nSPS) is 14.8. The lowest BCUT2D eigenvalue weighted by Crippen LogP contribution is -2.11. The van der Waals surface area contributed by atoms with Crippen LogP contribution < -0.4 is 9.80 Å². The molecule has 1 aliphatic carbocycles. The molecule has 10 aromatic rings. The summed E-state index contributed by atoms with van der Waals surface area (Å²) in [5, 5.41) is 5.04. The minimum Gasteiger partial charge on any atom is -0.344 e. The van der Waals surface area contributed by atoms with Crippen LogP contribution in [-0.4, -0.2) is 7.05 Å². The molecule has 0 saturated carbocycles. The number of nitrogens with zero attached hydrogens (tertiary/aromatic N) is 2. The molecular weight excluding hydrogens is 821 g/mol. The average molecular weight is 873 g/mol. The molecule has 0 amide bonds. The maximum atomic E-state index is 2.42. The standard InChI is InChI=1S/C66H52N2/c1-47-18-5-3-6-19-48-34-36-53(44-52(48)33-32-47)49-38-40-56(41-39-49)68(66-31-16-13-27-62(66)50-20-7-4-8-21-50)58-24-17-23-54(46-58)60-26-11-12-28-63(60)64-29-14-15-30-65(64)67(2)57-42-43-61-55(45-57)37-35-51-22-9-10-25-59(51)61/h3-18,20-47H,19H2,1-2H3/b6-3-,18-5-,33-32-. The number of para-hydroxylation sites is 2.